The molecule has 1 amide bonds. The van der Waals surface area contributed by atoms with E-state index in [1.54, 1.807) is 19.2 Å². The monoisotopic (exact) mass is 767 g/mol. The summed E-state index contributed by atoms with van der Waals surface area (Å²) >= 11 is 0. The van der Waals surface area contributed by atoms with E-state index >= 15 is 8.78 Å². The number of ether oxygens (including phenoxy) is 2. The lowest BCUT2D eigenvalue weighted by atomic mass is 9.69. The highest BCUT2D eigenvalue weighted by Gasteiger charge is 2.61. The third-order valence-corrected chi connectivity index (χ3v) is 11.8. The van der Waals surface area contributed by atoms with Gasteiger partial charge in [-0.25, -0.2) is 22.4 Å². The summed E-state index contributed by atoms with van der Waals surface area (Å²) in [6, 6.07) is 16.5. The Labute approximate surface area is 321 Å². The topological polar surface area (TPSA) is 82.5 Å². The summed E-state index contributed by atoms with van der Waals surface area (Å²) in [6.07, 6.45) is 3.89. The summed E-state index contributed by atoms with van der Waals surface area (Å²) in [6.45, 7) is 6.99. The van der Waals surface area contributed by atoms with Crippen LogP contribution < -0.4 is 4.74 Å². The Morgan fingerprint density at radius 3 is 2.22 bits per heavy atom. The zero-order valence-corrected chi connectivity index (χ0v) is 32.3. The van der Waals surface area contributed by atoms with Crippen LogP contribution in [-0.4, -0.2) is 109 Å². The maximum absolute atomic E-state index is 16.0. The number of carbonyl (C=O) groups excluding carboxylic acids is 1. The number of amides is 1. The molecule has 1 atom stereocenters. The molecule has 0 unspecified atom stereocenters. The van der Waals surface area contributed by atoms with Gasteiger partial charge in [-0.05, 0) is 97.6 Å². The predicted octanol–water partition coefficient (Wildman–Crippen LogP) is 8.06. The highest BCUT2D eigenvalue weighted by atomic mass is 19.3. The Kier molecular flexibility index (Phi) is 12.0. The van der Waals surface area contributed by atoms with E-state index in [0.717, 1.165) is 78.2 Å². The van der Waals surface area contributed by atoms with Gasteiger partial charge in [-0.15, -0.1) is 0 Å². The maximum atomic E-state index is 16.0. The van der Waals surface area contributed by atoms with Crippen LogP contribution in [0.2, 0.25) is 0 Å². The first kappa shape index (κ1) is 40.7. The second-order valence-corrected chi connectivity index (χ2v) is 15.9. The third kappa shape index (κ3) is 8.71. The van der Waals surface area contributed by atoms with E-state index in [4.69, 9.17) is 9.47 Å². The molecule has 3 fully saturated rings. The van der Waals surface area contributed by atoms with Crippen LogP contribution >= 0.6 is 0 Å². The second kappa shape index (κ2) is 16.2. The lowest BCUT2D eigenvalue weighted by Crippen LogP contribution is -2.61. The van der Waals surface area contributed by atoms with Crippen molar-refractivity contribution in [2.45, 2.75) is 95.4 Å². The Hall–Kier alpha value is -4.00. The van der Waals surface area contributed by atoms with E-state index in [9.17, 15) is 23.5 Å². The van der Waals surface area contributed by atoms with Crippen LogP contribution in [0.4, 0.5) is 17.6 Å². The lowest BCUT2D eigenvalue weighted by Gasteiger charge is -2.47. The third-order valence-electron chi connectivity index (χ3n) is 11.8. The fraction of sp³-hybridized carbons (Fsp3) is 0.535. The average Bonchev–Trinajstić information content (AvgIpc) is 4.01. The second-order valence-electron chi connectivity index (χ2n) is 15.9. The van der Waals surface area contributed by atoms with Crippen LogP contribution in [0.25, 0.3) is 21.9 Å². The number of rotatable bonds is 15. The maximum Gasteiger partial charge on any atom is 0.326 e. The Balaban J connectivity index is 1.22. The molecular formula is C43H53F4N3O5. The molecule has 298 valence electrons. The molecule has 0 radical (unpaired) electrons. The van der Waals surface area contributed by atoms with Gasteiger partial charge >= 0.3 is 5.97 Å². The number of aliphatic carboxylic acids is 1. The van der Waals surface area contributed by atoms with Crippen molar-refractivity contribution in [2.24, 2.45) is 5.41 Å². The average molecular weight is 768 g/mol. The molecule has 2 aliphatic heterocycles. The van der Waals surface area contributed by atoms with E-state index in [0.29, 0.717) is 17.9 Å². The number of methoxy groups -OCH3 is 1. The summed E-state index contributed by atoms with van der Waals surface area (Å²) in [5, 5.41) is 12.0. The lowest BCUT2D eigenvalue weighted by molar-refractivity contribution is -0.178. The summed E-state index contributed by atoms with van der Waals surface area (Å²) in [5.41, 5.74) is 0.420. The number of carbonyl (C=O) groups is 2. The number of halogens is 4. The zero-order chi connectivity index (χ0) is 39.7. The number of likely N-dealkylation sites (N-methyl/N-ethyl adjacent to an activating group) is 1. The fourth-order valence-electron chi connectivity index (χ4n) is 8.53. The predicted molar refractivity (Wildman–Crippen MR) is 205 cm³/mol. The van der Waals surface area contributed by atoms with Crippen molar-refractivity contribution in [1.29, 1.82) is 0 Å². The van der Waals surface area contributed by atoms with E-state index in [1.807, 2.05) is 42.5 Å². The van der Waals surface area contributed by atoms with E-state index in [2.05, 4.69) is 11.5 Å². The number of fused-ring (bicyclic) bond motifs is 1. The molecule has 3 aromatic carbocycles. The zero-order valence-electron chi connectivity index (χ0n) is 32.3. The van der Waals surface area contributed by atoms with Crippen molar-refractivity contribution < 1.29 is 41.7 Å². The summed E-state index contributed by atoms with van der Waals surface area (Å²) in [7, 11) is 2.85. The molecule has 0 bridgehead atoms. The Morgan fingerprint density at radius 1 is 0.964 bits per heavy atom. The highest BCUT2D eigenvalue weighted by molar-refractivity contribution is 6.00. The van der Waals surface area contributed by atoms with Crippen molar-refractivity contribution in [3.05, 3.63) is 77.9 Å². The first-order valence-electron chi connectivity index (χ1n) is 19.2. The molecule has 1 aliphatic carbocycles. The molecule has 1 saturated carbocycles. The van der Waals surface area contributed by atoms with E-state index < -0.39 is 60.1 Å². The summed E-state index contributed by atoms with van der Waals surface area (Å²) < 4.78 is 71.8. The van der Waals surface area contributed by atoms with Crippen LogP contribution in [0, 0.1) is 5.41 Å². The number of hydrogen-bond donors (Lipinski definition) is 1. The molecule has 6 rings (SSSR count). The number of likely N-dealkylation sites (tertiary alicyclic amines) is 2. The van der Waals surface area contributed by atoms with Crippen LogP contribution in [0.1, 0.15) is 63.5 Å². The molecule has 0 spiro atoms. The quantitative estimate of drug-likeness (QED) is 0.124. The van der Waals surface area contributed by atoms with E-state index in [1.165, 1.54) is 24.8 Å². The smallest absolute Gasteiger partial charge is 0.326 e. The van der Waals surface area contributed by atoms with Gasteiger partial charge in [0, 0.05) is 45.1 Å². The van der Waals surface area contributed by atoms with Gasteiger partial charge in [0.05, 0.1) is 26.4 Å². The normalized spacial score (nSPS) is 19.3. The first-order valence-corrected chi connectivity index (χ1v) is 19.2. The molecule has 8 nitrogen and oxygen atoms in total. The molecule has 3 aromatic rings. The number of alkyl halides is 4. The molecule has 3 aliphatic rings. The van der Waals surface area contributed by atoms with Gasteiger partial charge in [-0.1, -0.05) is 55.1 Å². The van der Waals surface area contributed by atoms with Crippen LogP contribution in [0.15, 0.2) is 66.7 Å². The van der Waals surface area contributed by atoms with Crippen molar-refractivity contribution in [2.75, 3.05) is 46.9 Å². The van der Waals surface area contributed by atoms with Crippen molar-refractivity contribution in [3.63, 3.8) is 0 Å². The molecule has 12 heteroatoms. The van der Waals surface area contributed by atoms with Crippen molar-refractivity contribution in [1.82, 2.24) is 14.7 Å². The molecule has 0 aromatic heterocycles. The fourth-order valence-corrected chi connectivity index (χ4v) is 8.53. The minimum Gasteiger partial charge on any atom is -0.496 e. The molecule has 2 heterocycles. The minimum absolute atomic E-state index is 0.158. The van der Waals surface area contributed by atoms with Gasteiger partial charge in [0.2, 0.25) is 5.91 Å². The minimum atomic E-state index is -3.70. The van der Waals surface area contributed by atoms with Crippen molar-refractivity contribution in [3.8, 4) is 16.9 Å². The molecule has 1 N–H and O–H groups in total. The van der Waals surface area contributed by atoms with Gasteiger partial charge in [0.15, 0.2) is 0 Å². The van der Waals surface area contributed by atoms with Crippen LogP contribution in [-0.2, 0) is 27.4 Å². The number of allylic oxidation sites excluding steroid dienone is 1. The van der Waals surface area contributed by atoms with Gasteiger partial charge < -0.3 is 24.4 Å². The van der Waals surface area contributed by atoms with Crippen molar-refractivity contribution >= 4 is 22.6 Å². The highest BCUT2D eigenvalue weighted by Crippen LogP contribution is 2.50. The summed E-state index contributed by atoms with van der Waals surface area (Å²) in [5.74, 6) is -8.48. The SMILES string of the molecule is C=C(C)C(F)(F)C1(C(=O)N(C)[C@@H](Cc2cccc3c(-c4ccc(COC5CCN(C6CC6)CC5)cc4OC)cccc23)C(=O)O)CCN(CC(C)(F)F)CC1. The molecule has 55 heavy (non-hydrogen) atoms. The number of benzene rings is 3. The van der Waals surface area contributed by atoms with Crippen LogP contribution in [0.5, 0.6) is 5.75 Å². The van der Waals surface area contributed by atoms with Gasteiger partial charge in [0.1, 0.15) is 17.2 Å². The van der Waals surface area contributed by atoms with Gasteiger partial charge in [0.25, 0.3) is 11.8 Å². The number of carboxylic acid groups (broad SMARTS) is 1. The van der Waals surface area contributed by atoms with E-state index in [-0.39, 0.29) is 25.6 Å². The van der Waals surface area contributed by atoms with Crippen LogP contribution in [0.3, 0.4) is 0 Å². The molecule has 2 saturated heterocycles. The largest absolute Gasteiger partial charge is 0.496 e. The standard InChI is InChI=1S/C43H53F4N3O5/c1-28(2)43(46,47)42(18-22-49(23-19-42)27-41(3,44)45)40(53)48(4)37(39(51)52)25-30-8-6-10-34-33(30)9-7-11-35(34)36-15-12-29(24-38(36)54-5)26-55-32-16-20-50(21-17-32)31-13-14-31/h6-12,15,24,31-32,37H,1,13-14,16-23,25-27H2,2-5H3,(H,51,52)/t37-/m0/s1. The summed E-state index contributed by atoms with van der Waals surface area (Å²) in [4.78, 5) is 31.9. The number of nitrogens with zero attached hydrogens (tertiary/aromatic N) is 3. The van der Waals surface area contributed by atoms with Gasteiger partial charge in [-0.3, -0.25) is 9.69 Å². The number of carboxylic acids is 1. The number of hydrogen-bond acceptors (Lipinski definition) is 6. The molecular weight excluding hydrogens is 714 g/mol. The first-order chi connectivity index (χ1) is 26.0. The van der Waals surface area contributed by atoms with Gasteiger partial charge in [-0.2, -0.15) is 0 Å². The Morgan fingerprint density at radius 2 is 1.62 bits per heavy atom. The Bertz CT molecular complexity index is 1880. The number of piperidine rings is 2.